The van der Waals surface area contributed by atoms with Crippen LogP contribution in [0.3, 0.4) is 0 Å². The molecule has 0 heterocycles. The topological polar surface area (TPSA) is 12.5 Å². The summed E-state index contributed by atoms with van der Waals surface area (Å²) in [5.74, 6) is 0. The van der Waals surface area contributed by atoms with Crippen molar-refractivity contribution in [1.82, 2.24) is 4.90 Å². The zero-order valence-electron chi connectivity index (χ0n) is 6.56. The first-order valence-corrected chi connectivity index (χ1v) is 3.98. The molecular formula is C6H14NOZr. The molecule has 9 heavy (non-hydrogen) atoms. The number of hydrogen-bond acceptors (Lipinski definition) is 2. The Morgan fingerprint density at radius 1 is 1.44 bits per heavy atom. The van der Waals surface area contributed by atoms with Crippen molar-refractivity contribution in [3.8, 4) is 0 Å². The van der Waals surface area contributed by atoms with Gasteiger partial charge in [0, 0.05) is 0 Å². The molecule has 0 bridgehead atoms. The summed E-state index contributed by atoms with van der Waals surface area (Å²) in [5.41, 5.74) is 0.0296. The average molecular weight is 207 g/mol. The first-order valence-electron chi connectivity index (χ1n) is 2.97. The molecule has 0 spiro atoms. The Morgan fingerprint density at radius 2 is 1.89 bits per heavy atom. The summed E-state index contributed by atoms with van der Waals surface area (Å²) in [5, 5.41) is 0. The normalized spacial score (nSPS) is 12.4. The Labute approximate surface area is 73.0 Å². The quantitative estimate of drug-likeness (QED) is 0.679. The van der Waals surface area contributed by atoms with Crippen molar-refractivity contribution in [1.29, 1.82) is 0 Å². The molecule has 0 radical (unpaired) electrons. The molecule has 2 nitrogen and oxygen atoms in total. The van der Waals surface area contributed by atoms with Gasteiger partial charge in [0.05, 0.1) is 0 Å². The van der Waals surface area contributed by atoms with Gasteiger partial charge in [-0.25, -0.2) is 0 Å². The van der Waals surface area contributed by atoms with Gasteiger partial charge in [-0.2, -0.15) is 0 Å². The third-order valence-electron chi connectivity index (χ3n) is 0.973. The third-order valence-corrected chi connectivity index (χ3v) is 2.33. The maximum absolute atomic E-state index is 5.30. The van der Waals surface area contributed by atoms with E-state index in [1.807, 2.05) is 0 Å². The van der Waals surface area contributed by atoms with Gasteiger partial charge < -0.3 is 0 Å². The fourth-order valence-corrected chi connectivity index (χ4v) is 0.952. The molecule has 0 aliphatic heterocycles. The van der Waals surface area contributed by atoms with E-state index in [1.165, 1.54) is 0 Å². The number of rotatable bonds is 3. The van der Waals surface area contributed by atoms with E-state index < -0.39 is 0 Å². The van der Waals surface area contributed by atoms with Crippen LogP contribution >= 0.6 is 0 Å². The molecule has 0 saturated carbocycles. The van der Waals surface area contributed by atoms with E-state index in [-0.39, 0.29) is 5.60 Å². The van der Waals surface area contributed by atoms with Gasteiger partial charge in [0.25, 0.3) is 0 Å². The third kappa shape index (κ3) is 5.26. The molecule has 0 N–H and O–H groups in total. The van der Waals surface area contributed by atoms with Crippen molar-refractivity contribution >= 4 is 0 Å². The molecule has 0 atom stereocenters. The van der Waals surface area contributed by atoms with Crippen molar-refractivity contribution in [3.63, 3.8) is 0 Å². The van der Waals surface area contributed by atoms with E-state index in [1.54, 1.807) is 0 Å². The van der Waals surface area contributed by atoms with E-state index >= 15 is 0 Å². The van der Waals surface area contributed by atoms with Crippen molar-refractivity contribution in [2.24, 2.45) is 0 Å². The van der Waals surface area contributed by atoms with Gasteiger partial charge in [-0.15, -0.1) is 0 Å². The first kappa shape index (κ1) is 9.80. The average Bonchev–Trinajstić information content (AvgIpc) is 1.63. The number of nitrogens with zero attached hydrogens (tertiary/aromatic N) is 1. The Kier molecular flexibility index (Phi) is 4.19. The van der Waals surface area contributed by atoms with E-state index in [9.17, 15) is 0 Å². The van der Waals surface area contributed by atoms with Crippen LogP contribution < -0.4 is 0 Å². The van der Waals surface area contributed by atoms with Crippen LogP contribution in [0.1, 0.15) is 13.8 Å². The monoisotopic (exact) mass is 206 g/mol. The molecule has 0 unspecified atom stereocenters. The number of likely N-dealkylation sites (N-methyl/N-ethyl adjacent to an activating group) is 1. The van der Waals surface area contributed by atoms with Crippen LogP contribution in [-0.4, -0.2) is 31.1 Å². The molecule has 0 saturated heterocycles. The van der Waals surface area contributed by atoms with E-state index in [4.69, 9.17) is 2.81 Å². The molecule has 0 aromatic rings. The molecule has 0 aromatic heterocycles. The molecule has 0 aliphatic carbocycles. The predicted octanol–water partition coefficient (Wildman–Crippen LogP) is 0.805. The van der Waals surface area contributed by atoms with Gasteiger partial charge in [-0.3, -0.25) is 0 Å². The Morgan fingerprint density at radius 3 is 2.00 bits per heavy atom. The van der Waals surface area contributed by atoms with Gasteiger partial charge in [0.15, 0.2) is 0 Å². The molecule has 0 aliphatic rings. The van der Waals surface area contributed by atoms with Crippen LogP contribution in [-0.2, 0) is 28.0 Å². The minimum absolute atomic E-state index is 0.0296. The van der Waals surface area contributed by atoms with E-state index in [2.05, 4.69) is 32.8 Å². The molecular weight excluding hydrogens is 193 g/mol. The van der Waals surface area contributed by atoms with Crippen LogP contribution in [0, 0.1) is 0 Å². The molecule has 0 amide bonds. The second-order valence-electron chi connectivity index (χ2n) is 3.10. The fourth-order valence-electron chi connectivity index (χ4n) is 0.794. The second-order valence-corrected chi connectivity index (χ2v) is 3.60. The summed E-state index contributed by atoms with van der Waals surface area (Å²) in [7, 11) is 4.10. The molecule has 0 fully saturated rings. The van der Waals surface area contributed by atoms with Crippen LogP contribution in [0.5, 0.6) is 0 Å². The van der Waals surface area contributed by atoms with Gasteiger partial charge in [-0.1, -0.05) is 0 Å². The van der Waals surface area contributed by atoms with Gasteiger partial charge in [0.2, 0.25) is 0 Å². The fraction of sp³-hybridized carbons (Fsp3) is 1.00. The van der Waals surface area contributed by atoms with Crippen LogP contribution in [0.4, 0.5) is 0 Å². The van der Waals surface area contributed by atoms with Crippen molar-refractivity contribution in [2.45, 2.75) is 19.4 Å². The van der Waals surface area contributed by atoms with E-state index in [0.29, 0.717) is 0 Å². The van der Waals surface area contributed by atoms with Crippen LogP contribution in [0.25, 0.3) is 0 Å². The zero-order valence-corrected chi connectivity index (χ0v) is 9.02. The summed E-state index contributed by atoms with van der Waals surface area (Å²) < 4.78 is 5.30. The minimum atomic E-state index is 0.0296. The van der Waals surface area contributed by atoms with E-state index in [0.717, 1.165) is 31.7 Å². The SMILES string of the molecule is CN(C)CC(C)(C)[O][Zr]. The molecule has 0 aromatic carbocycles. The molecule has 3 heteroatoms. The maximum atomic E-state index is 5.30. The predicted molar refractivity (Wildman–Crippen MR) is 33.7 cm³/mol. The van der Waals surface area contributed by atoms with Crippen molar-refractivity contribution in [2.75, 3.05) is 20.6 Å². The Balaban J connectivity index is 3.58. The summed E-state index contributed by atoms with van der Waals surface area (Å²) in [6, 6.07) is 0. The standard InChI is InChI=1S/C6H14NO.Zr/c1-6(2,8)5-7(3)4;/h5H2,1-4H3;/q-1;+1. The number of hydrogen-bond donors (Lipinski definition) is 0. The van der Waals surface area contributed by atoms with Crippen molar-refractivity contribution in [3.05, 3.63) is 0 Å². The Hall–Kier alpha value is 0.803. The molecule has 53 valence electrons. The summed E-state index contributed by atoms with van der Waals surface area (Å²) >= 11 is 1.15. The molecule has 0 rings (SSSR count). The van der Waals surface area contributed by atoms with Gasteiger partial charge in [0.1, 0.15) is 0 Å². The summed E-state index contributed by atoms with van der Waals surface area (Å²) in [6.07, 6.45) is 0. The zero-order chi connectivity index (χ0) is 7.49. The second kappa shape index (κ2) is 3.85. The van der Waals surface area contributed by atoms with Crippen LogP contribution in [0.2, 0.25) is 0 Å². The summed E-state index contributed by atoms with van der Waals surface area (Å²) in [6.45, 7) is 5.18. The van der Waals surface area contributed by atoms with Gasteiger partial charge in [-0.05, 0) is 0 Å². The first-order chi connectivity index (χ1) is 3.98. The van der Waals surface area contributed by atoms with Crippen LogP contribution in [0.15, 0.2) is 0 Å². The van der Waals surface area contributed by atoms with Gasteiger partial charge >= 0.3 is 73.0 Å². The summed E-state index contributed by atoms with van der Waals surface area (Å²) in [4.78, 5) is 2.13. The van der Waals surface area contributed by atoms with Crippen molar-refractivity contribution < 1.29 is 28.0 Å². The Bertz CT molecular complexity index is 83.1.